The van der Waals surface area contributed by atoms with Crippen LogP contribution in [0.25, 0.3) is 0 Å². The van der Waals surface area contributed by atoms with E-state index < -0.39 is 29.2 Å². The molecule has 5 nitrogen and oxygen atoms in total. The highest BCUT2D eigenvalue weighted by molar-refractivity contribution is 8.01. The van der Waals surface area contributed by atoms with E-state index in [9.17, 15) is 22.8 Å². The Morgan fingerprint density at radius 3 is 2.87 bits per heavy atom. The molecule has 1 atom stereocenters. The van der Waals surface area contributed by atoms with Crippen LogP contribution >= 0.6 is 23.4 Å². The molecule has 1 heterocycles. The zero-order valence-corrected chi connectivity index (χ0v) is 13.2. The van der Waals surface area contributed by atoms with Crippen molar-refractivity contribution in [2.45, 2.75) is 11.6 Å². The molecule has 1 aliphatic heterocycles. The van der Waals surface area contributed by atoms with Gasteiger partial charge >= 0.3 is 12.3 Å². The maximum absolute atomic E-state index is 12.7. The number of amides is 2. The zero-order valence-electron chi connectivity index (χ0n) is 11.6. The van der Waals surface area contributed by atoms with E-state index >= 15 is 0 Å². The molecule has 1 N–H and O–H groups in total. The molecule has 0 aliphatic carbocycles. The molecule has 1 fully saturated rings. The van der Waals surface area contributed by atoms with Gasteiger partial charge in [-0.2, -0.15) is 13.2 Å². The third-order valence-corrected chi connectivity index (χ3v) is 4.08. The monoisotopic (exact) mass is 368 g/mol. The van der Waals surface area contributed by atoms with E-state index in [2.05, 4.69) is 5.32 Å². The molecular weight excluding hydrogens is 357 g/mol. The van der Waals surface area contributed by atoms with Crippen molar-refractivity contribution < 1.29 is 27.5 Å². The summed E-state index contributed by atoms with van der Waals surface area (Å²) in [6.07, 6.45) is -5.30. The number of nitrogens with one attached hydrogen (secondary N) is 1. The first-order valence-electron chi connectivity index (χ1n) is 6.43. The molecule has 0 spiro atoms. The van der Waals surface area contributed by atoms with Gasteiger partial charge in [0.2, 0.25) is 5.44 Å². The highest BCUT2D eigenvalue weighted by Crippen LogP contribution is 2.35. The van der Waals surface area contributed by atoms with Crippen molar-refractivity contribution in [2.24, 2.45) is 0 Å². The van der Waals surface area contributed by atoms with E-state index in [4.69, 9.17) is 16.3 Å². The summed E-state index contributed by atoms with van der Waals surface area (Å²) in [4.78, 5) is 24.7. The number of alkyl halides is 4. The average Bonchev–Trinajstić information content (AvgIpc) is 2.85. The quantitative estimate of drug-likeness (QED) is 0.830. The number of carbonyl (C=O) groups excluding carboxylic acids is 2. The zero-order chi connectivity index (χ0) is 17.0. The average molecular weight is 369 g/mol. The van der Waals surface area contributed by atoms with Crippen LogP contribution < -0.4 is 10.2 Å². The summed E-state index contributed by atoms with van der Waals surface area (Å²) in [5.41, 5.74) is -1.85. The highest BCUT2D eigenvalue weighted by atomic mass is 35.5. The fourth-order valence-corrected chi connectivity index (χ4v) is 2.91. The van der Waals surface area contributed by atoms with Gasteiger partial charge in [0.05, 0.1) is 11.4 Å². The Bertz CT molecular complexity index is 600. The minimum absolute atomic E-state index is 0.0909. The van der Waals surface area contributed by atoms with Crippen LogP contribution in [0.5, 0.6) is 0 Å². The number of anilines is 1. The van der Waals surface area contributed by atoms with Crippen molar-refractivity contribution in [3.63, 3.8) is 0 Å². The molecule has 1 aliphatic rings. The van der Waals surface area contributed by atoms with Gasteiger partial charge in [-0.25, -0.2) is 4.79 Å². The first-order chi connectivity index (χ1) is 10.8. The van der Waals surface area contributed by atoms with Gasteiger partial charge in [0.1, 0.15) is 0 Å². The number of hydrogen-bond acceptors (Lipinski definition) is 4. The summed E-state index contributed by atoms with van der Waals surface area (Å²) >= 11 is 6.41. The second-order valence-corrected chi connectivity index (χ2v) is 5.86. The summed E-state index contributed by atoms with van der Waals surface area (Å²) in [5, 5.41) is 2.34. The van der Waals surface area contributed by atoms with Gasteiger partial charge in [-0.3, -0.25) is 9.69 Å². The first kappa shape index (κ1) is 17.7. The molecule has 1 aromatic rings. The maximum Gasteiger partial charge on any atom is 0.416 e. The predicted octanol–water partition coefficient (Wildman–Crippen LogP) is 3.03. The summed E-state index contributed by atoms with van der Waals surface area (Å²) < 4.78 is 43.1. The standard InChI is InChI=1S/C13H12ClF3N2O3S/c14-4-5-18-12(21)22-11-10(20)19(7-23-11)9-3-1-2-8(6-9)13(15,16)17/h1-3,6,11H,4-5,7H2,(H,18,21). The molecule has 126 valence electrons. The number of alkyl carbamates (subject to hydrolysis) is 1. The van der Waals surface area contributed by atoms with Gasteiger partial charge in [-0.1, -0.05) is 17.8 Å². The third kappa shape index (κ3) is 4.44. The number of rotatable bonds is 4. The Balaban J connectivity index is 2.06. The Hall–Kier alpha value is -1.61. The molecule has 2 amide bonds. The van der Waals surface area contributed by atoms with Crippen molar-refractivity contribution in [1.29, 1.82) is 0 Å². The molecule has 1 aromatic carbocycles. The van der Waals surface area contributed by atoms with Crippen LogP contribution in [0.2, 0.25) is 0 Å². The summed E-state index contributed by atoms with van der Waals surface area (Å²) in [6, 6.07) is 4.42. The third-order valence-electron chi connectivity index (χ3n) is 2.89. The van der Waals surface area contributed by atoms with Crippen LogP contribution in [0.1, 0.15) is 5.56 Å². The van der Waals surface area contributed by atoms with Gasteiger partial charge < -0.3 is 10.1 Å². The molecule has 10 heteroatoms. The Kier molecular flexibility index (Phi) is 5.64. The number of halogens is 4. The SMILES string of the molecule is O=C(NCCCl)OC1SCN(c2cccc(C(F)(F)F)c2)C1=O. The molecule has 1 saturated heterocycles. The first-order valence-corrected chi connectivity index (χ1v) is 8.02. The number of benzene rings is 1. The summed E-state index contributed by atoms with van der Waals surface area (Å²) in [5.74, 6) is -0.305. The van der Waals surface area contributed by atoms with E-state index in [1.165, 1.54) is 12.1 Å². The van der Waals surface area contributed by atoms with Crippen LogP contribution in [0.15, 0.2) is 24.3 Å². The predicted molar refractivity (Wildman–Crippen MR) is 80.4 cm³/mol. The van der Waals surface area contributed by atoms with E-state index in [-0.39, 0.29) is 24.0 Å². The smallest absolute Gasteiger partial charge is 0.416 e. The second-order valence-electron chi connectivity index (χ2n) is 4.46. The van der Waals surface area contributed by atoms with Gasteiger partial charge in [0.15, 0.2) is 0 Å². The number of ether oxygens (including phenoxy) is 1. The number of thioether (sulfide) groups is 1. The van der Waals surface area contributed by atoms with E-state index in [0.29, 0.717) is 0 Å². The molecule has 0 saturated carbocycles. The van der Waals surface area contributed by atoms with Crippen molar-refractivity contribution in [2.75, 3.05) is 23.2 Å². The van der Waals surface area contributed by atoms with E-state index in [0.717, 1.165) is 28.8 Å². The molecular formula is C13H12ClF3N2O3S. The van der Waals surface area contributed by atoms with Gasteiger partial charge in [0.25, 0.3) is 5.91 Å². The maximum atomic E-state index is 12.7. The highest BCUT2D eigenvalue weighted by Gasteiger charge is 2.37. The van der Waals surface area contributed by atoms with Crippen molar-refractivity contribution >= 4 is 41.1 Å². The lowest BCUT2D eigenvalue weighted by molar-refractivity contribution is -0.137. The van der Waals surface area contributed by atoms with Crippen LogP contribution in [0.4, 0.5) is 23.7 Å². The lowest BCUT2D eigenvalue weighted by Gasteiger charge is -2.17. The van der Waals surface area contributed by atoms with Crippen LogP contribution in [0.3, 0.4) is 0 Å². The molecule has 0 radical (unpaired) electrons. The largest absolute Gasteiger partial charge is 0.425 e. The minimum atomic E-state index is -4.50. The second kappa shape index (κ2) is 7.31. The normalized spacial score (nSPS) is 18.2. The van der Waals surface area contributed by atoms with Gasteiger partial charge in [-0.05, 0) is 18.2 Å². The Morgan fingerprint density at radius 1 is 1.48 bits per heavy atom. The van der Waals surface area contributed by atoms with E-state index in [1.54, 1.807) is 0 Å². The van der Waals surface area contributed by atoms with E-state index in [1.807, 2.05) is 0 Å². The fraction of sp³-hybridized carbons (Fsp3) is 0.385. The van der Waals surface area contributed by atoms with Gasteiger partial charge in [-0.15, -0.1) is 11.6 Å². The number of nitrogens with zero attached hydrogens (tertiary/aromatic N) is 1. The lowest BCUT2D eigenvalue weighted by atomic mass is 10.2. The van der Waals surface area contributed by atoms with Crippen molar-refractivity contribution in [1.82, 2.24) is 5.32 Å². The molecule has 2 rings (SSSR count). The Morgan fingerprint density at radius 2 is 2.22 bits per heavy atom. The van der Waals surface area contributed by atoms with Gasteiger partial charge in [0, 0.05) is 18.1 Å². The minimum Gasteiger partial charge on any atom is -0.425 e. The molecule has 23 heavy (non-hydrogen) atoms. The van der Waals surface area contributed by atoms with Crippen LogP contribution in [-0.2, 0) is 15.7 Å². The van der Waals surface area contributed by atoms with Crippen LogP contribution in [0, 0.1) is 0 Å². The number of hydrogen-bond donors (Lipinski definition) is 1. The summed E-state index contributed by atoms with van der Waals surface area (Å²) in [6.45, 7) is 0.184. The fourth-order valence-electron chi connectivity index (χ4n) is 1.83. The van der Waals surface area contributed by atoms with Crippen LogP contribution in [-0.4, -0.2) is 35.7 Å². The molecule has 0 aromatic heterocycles. The number of carbonyl (C=O) groups is 2. The lowest BCUT2D eigenvalue weighted by Crippen LogP contribution is -2.35. The van der Waals surface area contributed by atoms with Crippen molar-refractivity contribution in [3.05, 3.63) is 29.8 Å². The Labute approximate surface area is 139 Å². The molecule has 1 unspecified atom stereocenters. The van der Waals surface area contributed by atoms with Crippen molar-refractivity contribution in [3.8, 4) is 0 Å². The summed E-state index contributed by atoms with van der Waals surface area (Å²) in [7, 11) is 0. The molecule has 0 bridgehead atoms. The topological polar surface area (TPSA) is 58.6 Å².